The number of carbonyl (C=O) groups is 3. The Labute approximate surface area is 117 Å². The third-order valence-electron chi connectivity index (χ3n) is 3.00. The van der Waals surface area contributed by atoms with Crippen LogP contribution in [0.15, 0.2) is 18.2 Å². The minimum Gasteiger partial charge on any atom is -0.341 e. The number of nitrogens with zero attached hydrogens (tertiary/aromatic N) is 1. The zero-order chi connectivity index (χ0) is 14.9. The molecule has 6 nitrogen and oxygen atoms in total. The number of hydrogen-bond acceptors (Lipinski definition) is 3. The maximum atomic E-state index is 12.2. The van der Waals surface area contributed by atoms with Crippen LogP contribution >= 0.6 is 0 Å². The standard InChI is InChI=1S/C14H17N3O3/c1-8(2)7-17-12(18)10-5-4-9(16-14(20)15-3)6-11(10)13(17)19/h4-6,8H,7H2,1-3H3,(H2,15,16,20). The van der Waals surface area contributed by atoms with Gasteiger partial charge < -0.3 is 10.6 Å². The number of nitrogens with one attached hydrogen (secondary N) is 2. The van der Waals surface area contributed by atoms with Crippen LogP contribution in [0.2, 0.25) is 0 Å². The van der Waals surface area contributed by atoms with E-state index in [1.165, 1.54) is 18.0 Å². The lowest BCUT2D eigenvalue weighted by molar-refractivity contribution is 0.0636. The first-order valence-electron chi connectivity index (χ1n) is 6.43. The first kappa shape index (κ1) is 14.0. The molecule has 1 aliphatic rings. The summed E-state index contributed by atoms with van der Waals surface area (Å²) in [7, 11) is 1.50. The molecule has 1 aromatic carbocycles. The quantitative estimate of drug-likeness (QED) is 0.824. The first-order chi connectivity index (χ1) is 9.43. The van der Waals surface area contributed by atoms with Crippen LogP contribution in [-0.2, 0) is 0 Å². The van der Waals surface area contributed by atoms with E-state index in [4.69, 9.17) is 0 Å². The van der Waals surface area contributed by atoms with Gasteiger partial charge in [-0.2, -0.15) is 0 Å². The van der Waals surface area contributed by atoms with Gasteiger partial charge in [0.2, 0.25) is 0 Å². The number of urea groups is 1. The van der Waals surface area contributed by atoms with Gasteiger partial charge in [0.25, 0.3) is 11.8 Å². The summed E-state index contributed by atoms with van der Waals surface area (Å²) < 4.78 is 0. The number of fused-ring (bicyclic) bond motifs is 1. The molecule has 1 aromatic rings. The molecule has 0 radical (unpaired) electrons. The van der Waals surface area contributed by atoms with Crippen LogP contribution in [0, 0.1) is 5.92 Å². The van der Waals surface area contributed by atoms with Crippen molar-refractivity contribution in [2.75, 3.05) is 18.9 Å². The predicted molar refractivity (Wildman–Crippen MR) is 74.7 cm³/mol. The Hall–Kier alpha value is -2.37. The molecule has 0 saturated heterocycles. The Bertz CT molecular complexity index is 581. The zero-order valence-corrected chi connectivity index (χ0v) is 11.7. The smallest absolute Gasteiger partial charge is 0.318 e. The summed E-state index contributed by atoms with van der Waals surface area (Å²) in [6.45, 7) is 4.29. The fraction of sp³-hybridized carbons (Fsp3) is 0.357. The second kappa shape index (κ2) is 5.32. The zero-order valence-electron chi connectivity index (χ0n) is 11.7. The summed E-state index contributed by atoms with van der Waals surface area (Å²) in [6.07, 6.45) is 0. The third kappa shape index (κ3) is 2.49. The first-order valence-corrected chi connectivity index (χ1v) is 6.43. The minimum atomic E-state index is -0.374. The molecule has 0 bridgehead atoms. The number of rotatable bonds is 3. The Morgan fingerprint density at radius 1 is 1.20 bits per heavy atom. The fourth-order valence-corrected chi connectivity index (χ4v) is 2.09. The Kier molecular flexibility index (Phi) is 3.74. The Balaban J connectivity index is 2.29. The molecule has 0 saturated carbocycles. The van der Waals surface area contributed by atoms with Crippen molar-refractivity contribution in [3.63, 3.8) is 0 Å². The summed E-state index contributed by atoms with van der Waals surface area (Å²) in [5.74, 6) is -0.370. The van der Waals surface area contributed by atoms with Gasteiger partial charge in [0.05, 0.1) is 11.1 Å². The second-order valence-electron chi connectivity index (χ2n) is 5.08. The molecule has 1 heterocycles. The van der Waals surface area contributed by atoms with Gasteiger partial charge in [0.1, 0.15) is 0 Å². The highest BCUT2D eigenvalue weighted by atomic mass is 16.2. The van der Waals surface area contributed by atoms with E-state index >= 15 is 0 Å². The van der Waals surface area contributed by atoms with Crippen LogP contribution in [0.1, 0.15) is 34.6 Å². The third-order valence-corrected chi connectivity index (χ3v) is 3.00. The summed E-state index contributed by atoms with van der Waals surface area (Å²) in [5.41, 5.74) is 1.21. The van der Waals surface area contributed by atoms with Crippen molar-refractivity contribution in [3.8, 4) is 0 Å². The molecule has 2 N–H and O–H groups in total. The summed E-state index contributed by atoms with van der Waals surface area (Å²) in [4.78, 5) is 36.9. The molecule has 20 heavy (non-hydrogen) atoms. The fourth-order valence-electron chi connectivity index (χ4n) is 2.09. The van der Waals surface area contributed by atoms with Crippen molar-refractivity contribution in [1.82, 2.24) is 10.2 Å². The van der Waals surface area contributed by atoms with Gasteiger partial charge in [-0.3, -0.25) is 14.5 Å². The van der Waals surface area contributed by atoms with Crippen molar-refractivity contribution in [2.24, 2.45) is 5.92 Å². The largest absolute Gasteiger partial charge is 0.341 e. The molecule has 106 valence electrons. The lowest BCUT2D eigenvalue weighted by atomic mass is 10.1. The second-order valence-corrected chi connectivity index (χ2v) is 5.08. The van der Waals surface area contributed by atoms with Crippen LogP contribution in [-0.4, -0.2) is 36.3 Å². The van der Waals surface area contributed by atoms with Crippen LogP contribution in [0.4, 0.5) is 10.5 Å². The van der Waals surface area contributed by atoms with Gasteiger partial charge in [-0.25, -0.2) is 4.79 Å². The van der Waals surface area contributed by atoms with Gasteiger partial charge in [-0.15, -0.1) is 0 Å². The topological polar surface area (TPSA) is 78.5 Å². The van der Waals surface area contributed by atoms with E-state index in [1.807, 2.05) is 13.8 Å². The highest BCUT2D eigenvalue weighted by Crippen LogP contribution is 2.26. The van der Waals surface area contributed by atoms with Crippen LogP contribution in [0.5, 0.6) is 0 Å². The van der Waals surface area contributed by atoms with E-state index in [0.29, 0.717) is 23.4 Å². The molecule has 0 aromatic heterocycles. The highest BCUT2D eigenvalue weighted by molar-refractivity contribution is 6.21. The molecule has 0 unspecified atom stereocenters. The van der Waals surface area contributed by atoms with Gasteiger partial charge in [0, 0.05) is 19.3 Å². The van der Waals surface area contributed by atoms with Gasteiger partial charge in [0.15, 0.2) is 0 Å². The van der Waals surface area contributed by atoms with E-state index in [1.54, 1.807) is 12.1 Å². The normalized spacial score (nSPS) is 13.7. The molecule has 0 spiro atoms. The van der Waals surface area contributed by atoms with Gasteiger partial charge in [-0.05, 0) is 24.1 Å². The van der Waals surface area contributed by atoms with E-state index in [-0.39, 0.29) is 23.8 Å². The summed E-state index contributed by atoms with van der Waals surface area (Å²) in [6, 6.07) is 4.34. The molecule has 2 rings (SSSR count). The number of hydrogen-bond donors (Lipinski definition) is 2. The van der Waals surface area contributed by atoms with Crippen molar-refractivity contribution < 1.29 is 14.4 Å². The van der Waals surface area contributed by atoms with Crippen LogP contribution in [0.25, 0.3) is 0 Å². The molecule has 0 atom stereocenters. The summed E-state index contributed by atoms with van der Waals surface area (Å²) >= 11 is 0. The molecule has 0 fully saturated rings. The Morgan fingerprint density at radius 3 is 2.45 bits per heavy atom. The number of anilines is 1. The molecule has 1 aliphatic heterocycles. The van der Waals surface area contributed by atoms with Crippen molar-refractivity contribution >= 4 is 23.5 Å². The van der Waals surface area contributed by atoms with E-state index in [0.717, 1.165) is 0 Å². The number of amides is 4. The van der Waals surface area contributed by atoms with E-state index in [9.17, 15) is 14.4 Å². The summed E-state index contributed by atoms with van der Waals surface area (Å²) in [5, 5.41) is 5.00. The molecule has 0 aliphatic carbocycles. The average molecular weight is 275 g/mol. The maximum absolute atomic E-state index is 12.2. The van der Waals surface area contributed by atoms with Crippen LogP contribution in [0.3, 0.4) is 0 Å². The predicted octanol–water partition coefficient (Wildman–Crippen LogP) is 1.69. The molecule has 4 amide bonds. The lowest BCUT2D eigenvalue weighted by Gasteiger charge is -2.15. The van der Waals surface area contributed by atoms with Crippen molar-refractivity contribution in [3.05, 3.63) is 29.3 Å². The number of imide groups is 1. The monoisotopic (exact) mass is 275 g/mol. The van der Waals surface area contributed by atoms with E-state index in [2.05, 4.69) is 10.6 Å². The maximum Gasteiger partial charge on any atom is 0.318 e. The van der Waals surface area contributed by atoms with E-state index < -0.39 is 0 Å². The number of carbonyl (C=O) groups excluding carboxylic acids is 3. The van der Waals surface area contributed by atoms with Crippen molar-refractivity contribution in [1.29, 1.82) is 0 Å². The molecular formula is C14H17N3O3. The van der Waals surface area contributed by atoms with Crippen LogP contribution < -0.4 is 10.6 Å². The molecular weight excluding hydrogens is 258 g/mol. The molecule has 6 heteroatoms. The van der Waals surface area contributed by atoms with Crippen molar-refractivity contribution in [2.45, 2.75) is 13.8 Å². The minimum absolute atomic E-state index is 0.209. The highest BCUT2D eigenvalue weighted by Gasteiger charge is 2.35. The lowest BCUT2D eigenvalue weighted by Crippen LogP contribution is -2.33. The van der Waals surface area contributed by atoms with Gasteiger partial charge >= 0.3 is 6.03 Å². The number of benzene rings is 1. The van der Waals surface area contributed by atoms with Gasteiger partial charge in [-0.1, -0.05) is 13.8 Å². The Morgan fingerprint density at radius 2 is 1.85 bits per heavy atom. The SMILES string of the molecule is CNC(=O)Nc1ccc2c(c1)C(=O)N(CC(C)C)C2=O. The average Bonchev–Trinajstić information content (AvgIpc) is 2.63.